The molecule has 1 aliphatic rings. The number of rotatable bonds is 4. The van der Waals surface area contributed by atoms with E-state index in [2.05, 4.69) is 20.1 Å². The van der Waals surface area contributed by atoms with Gasteiger partial charge in [0.15, 0.2) is 5.13 Å². The number of hydrogen-bond donors (Lipinski definition) is 1. The summed E-state index contributed by atoms with van der Waals surface area (Å²) in [6.07, 6.45) is 1.82. The zero-order valence-corrected chi connectivity index (χ0v) is 15.5. The van der Waals surface area contributed by atoms with Gasteiger partial charge >= 0.3 is 0 Å². The molecule has 1 aliphatic heterocycles. The summed E-state index contributed by atoms with van der Waals surface area (Å²) in [5, 5.41) is 6.68. The number of anilines is 2. The van der Waals surface area contributed by atoms with E-state index in [1.54, 1.807) is 29.5 Å². The minimum atomic E-state index is -0.238. The van der Waals surface area contributed by atoms with Crippen molar-refractivity contribution < 1.29 is 4.79 Å². The van der Waals surface area contributed by atoms with Crippen LogP contribution < -0.4 is 10.2 Å². The molecule has 0 saturated carbocycles. The van der Waals surface area contributed by atoms with Crippen molar-refractivity contribution in [1.29, 1.82) is 0 Å². The smallest absolute Gasteiger partial charge is 0.241 e. The zero-order chi connectivity index (χ0) is 17.1. The van der Waals surface area contributed by atoms with Crippen molar-refractivity contribution in [2.45, 2.75) is 13.0 Å². The van der Waals surface area contributed by atoms with Crippen LogP contribution in [-0.2, 0) is 4.79 Å². The molecule has 1 amide bonds. The molecule has 1 N–H and O–H groups in total. The standard InChI is InChI=1S/C16H18Cl2N4OS/c1-11(15(23)20-13-4-2-3-12(17)14(13)18)21-6-8-22(9-7-21)16-19-5-10-24-16/h2-5,10-11H,6-9H2,1H3,(H,20,23)/t11-/m1/s1. The predicted octanol–water partition coefficient (Wildman–Crippen LogP) is 3.60. The second kappa shape index (κ2) is 7.70. The molecule has 24 heavy (non-hydrogen) atoms. The summed E-state index contributed by atoms with van der Waals surface area (Å²) in [4.78, 5) is 21.3. The monoisotopic (exact) mass is 384 g/mol. The number of piperazine rings is 1. The Morgan fingerprint density at radius 1 is 1.29 bits per heavy atom. The molecular weight excluding hydrogens is 367 g/mol. The van der Waals surface area contributed by atoms with E-state index in [0.717, 1.165) is 31.3 Å². The molecule has 1 atom stereocenters. The van der Waals surface area contributed by atoms with Crippen LogP contribution in [0.4, 0.5) is 10.8 Å². The first-order valence-corrected chi connectivity index (χ1v) is 9.33. The van der Waals surface area contributed by atoms with Crippen molar-refractivity contribution in [2.75, 3.05) is 36.4 Å². The lowest BCUT2D eigenvalue weighted by molar-refractivity contribution is -0.120. The van der Waals surface area contributed by atoms with E-state index in [-0.39, 0.29) is 11.9 Å². The maximum absolute atomic E-state index is 12.5. The molecule has 3 rings (SSSR count). The van der Waals surface area contributed by atoms with Crippen LogP contribution in [0.5, 0.6) is 0 Å². The summed E-state index contributed by atoms with van der Waals surface area (Å²) < 4.78 is 0. The molecule has 0 aliphatic carbocycles. The maximum atomic E-state index is 12.5. The van der Waals surface area contributed by atoms with E-state index in [0.29, 0.717) is 15.7 Å². The van der Waals surface area contributed by atoms with E-state index in [1.807, 2.05) is 18.5 Å². The first kappa shape index (κ1) is 17.5. The SMILES string of the molecule is C[C@H](C(=O)Nc1cccc(Cl)c1Cl)N1CCN(c2nccs2)CC1. The number of amides is 1. The summed E-state index contributed by atoms with van der Waals surface area (Å²) in [7, 11) is 0. The van der Waals surface area contributed by atoms with E-state index < -0.39 is 0 Å². The van der Waals surface area contributed by atoms with Gasteiger partial charge in [-0.15, -0.1) is 11.3 Å². The number of hydrogen-bond acceptors (Lipinski definition) is 5. The largest absolute Gasteiger partial charge is 0.346 e. The molecule has 1 fully saturated rings. The number of carbonyl (C=O) groups is 1. The summed E-state index contributed by atoms with van der Waals surface area (Å²) in [6.45, 7) is 5.27. The Balaban J connectivity index is 1.57. The number of halogens is 2. The van der Waals surface area contributed by atoms with Gasteiger partial charge in [-0.1, -0.05) is 29.3 Å². The molecule has 0 unspecified atom stereocenters. The normalized spacial score (nSPS) is 16.9. The van der Waals surface area contributed by atoms with Crippen LogP contribution in [0.2, 0.25) is 10.0 Å². The number of carbonyl (C=O) groups excluding carboxylic acids is 1. The molecule has 0 spiro atoms. The number of benzene rings is 1. The van der Waals surface area contributed by atoms with E-state index in [1.165, 1.54) is 0 Å². The van der Waals surface area contributed by atoms with Gasteiger partial charge < -0.3 is 10.2 Å². The lowest BCUT2D eigenvalue weighted by Crippen LogP contribution is -2.52. The van der Waals surface area contributed by atoms with Crippen LogP contribution in [0.3, 0.4) is 0 Å². The molecule has 0 radical (unpaired) electrons. The highest BCUT2D eigenvalue weighted by Crippen LogP contribution is 2.29. The van der Waals surface area contributed by atoms with Crippen molar-refractivity contribution >= 4 is 51.3 Å². The first-order chi connectivity index (χ1) is 11.6. The summed E-state index contributed by atoms with van der Waals surface area (Å²) >= 11 is 13.8. The number of nitrogens with one attached hydrogen (secondary N) is 1. The Bertz CT molecular complexity index is 702. The van der Waals surface area contributed by atoms with Crippen LogP contribution in [0, 0.1) is 0 Å². The van der Waals surface area contributed by atoms with Crippen molar-refractivity contribution in [3.63, 3.8) is 0 Å². The van der Waals surface area contributed by atoms with Gasteiger partial charge in [0.1, 0.15) is 0 Å². The third-order valence-corrected chi connectivity index (χ3v) is 5.79. The van der Waals surface area contributed by atoms with Crippen LogP contribution in [0.25, 0.3) is 0 Å². The molecule has 0 bridgehead atoms. The fourth-order valence-corrected chi connectivity index (χ4v) is 3.72. The average molecular weight is 385 g/mol. The number of thiazole rings is 1. The van der Waals surface area contributed by atoms with Crippen molar-refractivity contribution in [3.8, 4) is 0 Å². The molecule has 1 aromatic heterocycles. The fourth-order valence-electron chi connectivity index (χ4n) is 2.68. The Morgan fingerprint density at radius 3 is 2.71 bits per heavy atom. The predicted molar refractivity (Wildman–Crippen MR) is 100 cm³/mol. The summed E-state index contributed by atoms with van der Waals surface area (Å²) in [6, 6.07) is 4.97. The Labute approximate surface area is 155 Å². The van der Waals surface area contributed by atoms with Gasteiger partial charge in [0.05, 0.1) is 21.8 Å². The topological polar surface area (TPSA) is 48.5 Å². The van der Waals surface area contributed by atoms with E-state index in [9.17, 15) is 4.79 Å². The molecular formula is C16H18Cl2N4OS. The Kier molecular flexibility index (Phi) is 5.61. The van der Waals surface area contributed by atoms with Crippen LogP contribution in [0.15, 0.2) is 29.8 Å². The molecule has 2 aromatic rings. The Hall–Kier alpha value is -1.34. The average Bonchev–Trinajstić information content (AvgIpc) is 3.13. The summed E-state index contributed by atoms with van der Waals surface area (Å²) in [5.74, 6) is -0.0816. The van der Waals surface area contributed by atoms with Crippen molar-refractivity contribution in [3.05, 3.63) is 39.8 Å². The van der Waals surface area contributed by atoms with Crippen molar-refractivity contribution in [1.82, 2.24) is 9.88 Å². The second-order valence-electron chi connectivity index (χ2n) is 5.60. The van der Waals surface area contributed by atoms with E-state index in [4.69, 9.17) is 23.2 Å². The summed E-state index contributed by atoms with van der Waals surface area (Å²) in [5.41, 5.74) is 0.544. The highest BCUT2D eigenvalue weighted by Gasteiger charge is 2.26. The number of nitrogens with zero attached hydrogens (tertiary/aromatic N) is 3. The van der Waals surface area contributed by atoms with Crippen LogP contribution in [-0.4, -0.2) is 48.0 Å². The quantitative estimate of drug-likeness (QED) is 0.874. The van der Waals surface area contributed by atoms with Gasteiger partial charge in [0.2, 0.25) is 5.91 Å². The minimum absolute atomic E-state index is 0.0816. The molecule has 2 heterocycles. The Morgan fingerprint density at radius 2 is 2.04 bits per heavy atom. The van der Waals surface area contributed by atoms with Gasteiger partial charge in [-0.05, 0) is 19.1 Å². The highest BCUT2D eigenvalue weighted by atomic mass is 35.5. The maximum Gasteiger partial charge on any atom is 0.241 e. The zero-order valence-electron chi connectivity index (χ0n) is 13.2. The third-order valence-electron chi connectivity index (χ3n) is 4.14. The third kappa shape index (κ3) is 3.83. The van der Waals surface area contributed by atoms with Gasteiger partial charge in [0, 0.05) is 37.8 Å². The molecule has 128 valence electrons. The minimum Gasteiger partial charge on any atom is -0.346 e. The van der Waals surface area contributed by atoms with Gasteiger partial charge in [-0.2, -0.15) is 0 Å². The van der Waals surface area contributed by atoms with Gasteiger partial charge in [-0.3, -0.25) is 9.69 Å². The molecule has 8 heteroatoms. The highest BCUT2D eigenvalue weighted by molar-refractivity contribution is 7.13. The van der Waals surface area contributed by atoms with Gasteiger partial charge in [0.25, 0.3) is 0 Å². The van der Waals surface area contributed by atoms with Crippen LogP contribution >= 0.6 is 34.5 Å². The van der Waals surface area contributed by atoms with Gasteiger partial charge in [-0.25, -0.2) is 4.98 Å². The molecule has 5 nitrogen and oxygen atoms in total. The first-order valence-electron chi connectivity index (χ1n) is 7.69. The molecule has 1 aromatic carbocycles. The number of aromatic nitrogens is 1. The fraction of sp³-hybridized carbons (Fsp3) is 0.375. The second-order valence-corrected chi connectivity index (χ2v) is 7.26. The lowest BCUT2D eigenvalue weighted by atomic mass is 10.2. The van der Waals surface area contributed by atoms with E-state index >= 15 is 0 Å². The van der Waals surface area contributed by atoms with Crippen molar-refractivity contribution in [2.24, 2.45) is 0 Å². The van der Waals surface area contributed by atoms with Crippen LogP contribution in [0.1, 0.15) is 6.92 Å². The lowest BCUT2D eigenvalue weighted by Gasteiger charge is -2.37. The molecule has 1 saturated heterocycles.